The zero-order chi connectivity index (χ0) is 15.8. The highest BCUT2D eigenvalue weighted by Gasteiger charge is 2.12. The number of urea groups is 1. The molecular weight excluding hydrogens is 342 g/mol. The third-order valence-corrected chi connectivity index (χ3v) is 4.83. The van der Waals surface area contributed by atoms with Gasteiger partial charge in [-0.2, -0.15) is 0 Å². The fraction of sp³-hybridized carbons (Fsp3) is 0.588. The summed E-state index contributed by atoms with van der Waals surface area (Å²) in [6.07, 6.45) is 5.01. The monoisotopic (exact) mass is 367 g/mol. The third-order valence-electron chi connectivity index (χ3n) is 4.10. The average molecular weight is 368 g/mol. The van der Waals surface area contributed by atoms with Crippen LogP contribution in [0, 0.1) is 0 Å². The van der Waals surface area contributed by atoms with Gasteiger partial charge in [0.05, 0.1) is 6.04 Å². The van der Waals surface area contributed by atoms with Gasteiger partial charge in [-0.1, -0.05) is 40.5 Å². The van der Waals surface area contributed by atoms with Gasteiger partial charge in [0, 0.05) is 11.0 Å². The molecule has 4 nitrogen and oxygen atoms in total. The molecule has 1 atom stereocenters. The lowest BCUT2D eigenvalue weighted by atomic mass is 10.1. The van der Waals surface area contributed by atoms with Crippen molar-refractivity contribution in [2.45, 2.75) is 38.6 Å². The number of halogens is 1. The minimum Gasteiger partial charge on any atom is -0.338 e. The number of benzene rings is 1. The van der Waals surface area contributed by atoms with Gasteiger partial charge < -0.3 is 15.5 Å². The molecule has 5 heteroatoms. The van der Waals surface area contributed by atoms with Crippen molar-refractivity contribution in [3.63, 3.8) is 0 Å². The molecule has 1 aliphatic rings. The first-order chi connectivity index (χ1) is 10.7. The maximum absolute atomic E-state index is 11.9. The van der Waals surface area contributed by atoms with Gasteiger partial charge in [-0.3, -0.25) is 0 Å². The number of piperidine rings is 1. The number of carbonyl (C=O) groups excluding carboxylic acids is 1. The van der Waals surface area contributed by atoms with E-state index in [1.54, 1.807) is 0 Å². The Kier molecular flexibility index (Phi) is 7.19. The highest BCUT2D eigenvalue weighted by molar-refractivity contribution is 9.10. The largest absolute Gasteiger partial charge is 0.338 e. The van der Waals surface area contributed by atoms with E-state index < -0.39 is 0 Å². The minimum absolute atomic E-state index is 0.0160. The molecule has 1 heterocycles. The van der Waals surface area contributed by atoms with Gasteiger partial charge in [0.1, 0.15) is 0 Å². The van der Waals surface area contributed by atoms with Crippen molar-refractivity contribution in [1.82, 2.24) is 15.5 Å². The van der Waals surface area contributed by atoms with Crippen molar-refractivity contribution in [1.29, 1.82) is 0 Å². The van der Waals surface area contributed by atoms with Crippen LogP contribution >= 0.6 is 15.9 Å². The molecule has 1 aromatic carbocycles. The summed E-state index contributed by atoms with van der Waals surface area (Å²) in [5.41, 5.74) is 1.09. The summed E-state index contributed by atoms with van der Waals surface area (Å²) in [6.45, 7) is 6.23. The van der Waals surface area contributed by atoms with E-state index in [0.717, 1.165) is 29.5 Å². The predicted octanol–water partition coefficient (Wildman–Crippen LogP) is 3.69. The Morgan fingerprint density at radius 2 is 2.00 bits per heavy atom. The van der Waals surface area contributed by atoms with Crippen LogP contribution in [0.4, 0.5) is 4.79 Å². The molecule has 1 fully saturated rings. The van der Waals surface area contributed by atoms with Crippen molar-refractivity contribution in [2.24, 2.45) is 0 Å². The number of amides is 2. The number of hydrogen-bond donors (Lipinski definition) is 2. The second-order valence-corrected chi connectivity index (χ2v) is 6.75. The Hall–Kier alpha value is -1.07. The molecule has 2 amide bonds. The van der Waals surface area contributed by atoms with Crippen molar-refractivity contribution < 1.29 is 4.79 Å². The number of nitrogens with one attached hydrogen (secondary N) is 2. The molecule has 0 spiro atoms. The van der Waals surface area contributed by atoms with Gasteiger partial charge in [-0.15, -0.1) is 0 Å². The molecule has 1 unspecified atom stereocenters. The van der Waals surface area contributed by atoms with Crippen molar-refractivity contribution in [3.8, 4) is 0 Å². The first kappa shape index (κ1) is 17.3. The van der Waals surface area contributed by atoms with Crippen LogP contribution in [0.5, 0.6) is 0 Å². The number of hydrogen-bond acceptors (Lipinski definition) is 2. The van der Waals surface area contributed by atoms with E-state index in [9.17, 15) is 4.79 Å². The second kappa shape index (κ2) is 9.16. The molecule has 0 bridgehead atoms. The van der Waals surface area contributed by atoms with Gasteiger partial charge in [-0.25, -0.2) is 4.79 Å². The summed E-state index contributed by atoms with van der Waals surface area (Å²) in [5, 5.41) is 5.93. The van der Waals surface area contributed by atoms with E-state index in [2.05, 4.69) is 31.5 Å². The Morgan fingerprint density at radius 1 is 1.27 bits per heavy atom. The molecule has 1 aliphatic heterocycles. The van der Waals surface area contributed by atoms with Crippen LogP contribution in [-0.2, 0) is 0 Å². The SMILES string of the molecule is CC(NC(=O)NCCCN1CCCCC1)c1ccccc1Br. The molecule has 1 saturated heterocycles. The standard InChI is InChI=1S/C17H26BrN3O/c1-14(15-8-3-4-9-16(15)18)20-17(22)19-10-7-13-21-11-5-2-6-12-21/h3-4,8-9,14H,2,5-7,10-13H2,1H3,(H2,19,20,22). The number of rotatable bonds is 6. The Labute approximate surface area is 141 Å². The van der Waals surface area contributed by atoms with Crippen LogP contribution in [0.3, 0.4) is 0 Å². The number of nitrogens with zero attached hydrogens (tertiary/aromatic N) is 1. The molecule has 122 valence electrons. The molecule has 0 radical (unpaired) electrons. The maximum atomic E-state index is 11.9. The van der Waals surface area contributed by atoms with Crippen LogP contribution in [0.1, 0.15) is 44.2 Å². The molecular formula is C17H26BrN3O. The van der Waals surface area contributed by atoms with Gasteiger partial charge in [0.2, 0.25) is 0 Å². The zero-order valence-corrected chi connectivity index (χ0v) is 14.9. The van der Waals surface area contributed by atoms with E-state index in [4.69, 9.17) is 0 Å². The van der Waals surface area contributed by atoms with Crippen molar-refractivity contribution in [2.75, 3.05) is 26.2 Å². The fourth-order valence-corrected chi connectivity index (χ4v) is 3.47. The van der Waals surface area contributed by atoms with Crippen LogP contribution in [0.25, 0.3) is 0 Å². The predicted molar refractivity (Wildman–Crippen MR) is 94.0 cm³/mol. The van der Waals surface area contributed by atoms with Crippen LogP contribution in [0.2, 0.25) is 0 Å². The summed E-state index contributed by atoms with van der Waals surface area (Å²) < 4.78 is 1.02. The average Bonchev–Trinajstić information content (AvgIpc) is 2.53. The summed E-state index contributed by atoms with van der Waals surface area (Å²) >= 11 is 3.52. The molecule has 0 saturated carbocycles. The minimum atomic E-state index is -0.0955. The van der Waals surface area contributed by atoms with E-state index in [1.165, 1.54) is 32.4 Å². The molecule has 0 aromatic heterocycles. The van der Waals surface area contributed by atoms with Gasteiger partial charge in [0.15, 0.2) is 0 Å². The fourth-order valence-electron chi connectivity index (χ4n) is 2.84. The summed E-state index contributed by atoms with van der Waals surface area (Å²) in [7, 11) is 0. The van der Waals surface area contributed by atoms with E-state index >= 15 is 0 Å². The zero-order valence-electron chi connectivity index (χ0n) is 13.3. The highest BCUT2D eigenvalue weighted by atomic mass is 79.9. The molecule has 2 rings (SSSR count). The van der Waals surface area contributed by atoms with Crippen LogP contribution in [-0.4, -0.2) is 37.1 Å². The van der Waals surface area contributed by atoms with E-state index in [0.29, 0.717) is 0 Å². The molecule has 22 heavy (non-hydrogen) atoms. The summed E-state index contributed by atoms with van der Waals surface area (Å²) in [6, 6.07) is 7.85. The second-order valence-electron chi connectivity index (χ2n) is 5.90. The van der Waals surface area contributed by atoms with Crippen molar-refractivity contribution in [3.05, 3.63) is 34.3 Å². The number of likely N-dealkylation sites (tertiary alicyclic amines) is 1. The molecule has 2 N–H and O–H groups in total. The maximum Gasteiger partial charge on any atom is 0.315 e. The van der Waals surface area contributed by atoms with E-state index in [-0.39, 0.29) is 12.1 Å². The lowest BCUT2D eigenvalue weighted by Crippen LogP contribution is -2.39. The lowest BCUT2D eigenvalue weighted by molar-refractivity contribution is 0.221. The molecule has 1 aromatic rings. The van der Waals surface area contributed by atoms with E-state index in [1.807, 2.05) is 31.2 Å². The highest BCUT2D eigenvalue weighted by Crippen LogP contribution is 2.22. The van der Waals surface area contributed by atoms with Crippen LogP contribution < -0.4 is 10.6 Å². The first-order valence-electron chi connectivity index (χ1n) is 8.18. The molecule has 0 aliphatic carbocycles. The van der Waals surface area contributed by atoms with Crippen molar-refractivity contribution >= 4 is 22.0 Å². The quantitative estimate of drug-likeness (QED) is 0.753. The van der Waals surface area contributed by atoms with Gasteiger partial charge in [0.25, 0.3) is 0 Å². The van der Waals surface area contributed by atoms with Gasteiger partial charge >= 0.3 is 6.03 Å². The lowest BCUT2D eigenvalue weighted by Gasteiger charge is -2.26. The normalized spacial score (nSPS) is 17.0. The summed E-state index contributed by atoms with van der Waals surface area (Å²) in [4.78, 5) is 14.4. The Balaban J connectivity index is 1.64. The third kappa shape index (κ3) is 5.61. The smallest absolute Gasteiger partial charge is 0.315 e. The first-order valence-corrected chi connectivity index (χ1v) is 8.97. The Bertz CT molecular complexity index is 475. The Morgan fingerprint density at radius 3 is 2.73 bits per heavy atom. The topological polar surface area (TPSA) is 44.4 Å². The summed E-state index contributed by atoms with van der Waals surface area (Å²) in [5.74, 6) is 0. The number of carbonyl (C=O) groups is 1. The van der Waals surface area contributed by atoms with Crippen LogP contribution in [0.15, 0.2) is 28.7 Å². The van der Waals surface area contributed by atoms with Gasteiger partial charge in [-0.05, 0) is 57.5 Å².